The lowest BCUT2D eigenvalue weighted by atomic mass is 10.4. The highest BCUT2D eigenvalue weighted by atomic mass is 32.1. The second-order valence-electron chi connectivity index (χ2n) is 8.07. The smallest absolute Gasteiger partial charge is 0.229 e. The van der Waals surface area contributed by atoms with Crippen LogP contribution in [0.5, 0.6) is 0 Å². The van der Waals surface area contributed by atoms with Gasteiger partial charge in [0.25, 0.3) is 0 Å². The van der Waals surface area contributed by atoms with E-state index in [0.29, 0.717) is 139 Å². The number of ether oxygens (including phenoxy) is 9. The molecule has 0 saturated heterocycles. The molecule has 0 fully saturated rings. The average molecular weight is 612 g/mol. The van der Waals surface area contributed by atoms with Gasteiger partial charge in [0.05, 0.1) is 125 Å². The number of amides is 2. The van der Waals surface area contributed by atoms with Gasteiger partial charge in [-0.25, -0.2) is 0 Å². The van der Waals surface area contributed by atoms with Gasteiger partial charge >= 0.3 is 0 Å². The molecule has 16 heteroatoms. The van der Waals surface area contributed by atoms with Crippen LogP contribution in [0.1, 0.15) is 6.42 Å². The van der Waals surface area contributed by atoms with E-state index < -0.39 is 0 Å². The van der Waals surface area contributed by atoms with Gasteiger partial charge in [0, 0.05) is 26.1 Å². The lowest BCUT2D eigenvalue weighted by molar-refractivity contribution is -0.122. The molecule has 0 heterocycles. The zero-order valence-corrected chi connectivity index (χ0v) is 25.2. The first-order valence-corrected chi connectivity index (χ1v) is 14.6. The molecule has 2 amide bonds. The molecule has 3 N–H and O–H groups in total. The molecule has 0 aliphatic carbocycles. The fraction of sp³-hybridized carbons (Fsp3) is 0.920. The summed E-state index contributed by atoms with van der Waals surface area (Å²) in [5.41, 5.74) is 0. The van der Waals surface area contributed by atoms with E-state index in [2.05, 4.69) is 28.5 Å². The number of hydrogen-bond acceptors (Lipinski definition) is 13. The number of carbonyl (C=O) groups is 2. The third kappa shape index (κ3) is 35.1. The second-order valence-corrected chi connectivity index (χ2v) is 8.39. The summed E-state index contributed by atoms with van der Waals surface area (Å²) in [4.78, 5) is 22.8. The Balaban J connectivity index is 3.16. The standard InChI is InChI=1S/C25H50BN3O11S/c26-29-4-8-35-12-16-39-20-22-40-21-19-37-14-10-33-6-2-27-24(30)1-5-32-9-13-36-17-18-38-15-11-34-7-3-28-25(31)23-41/h29,41H,1-23H2,(H,27,30)(H,28,31). The summed E-state index contributed by atoms with van der Waals surface area (Å²) < 4.78 is 48.4. The van der Waals surface area contributed by atoms with Gasteiger partial charge in [0.2, 0.25) is 11.8 Å². The van der Waals surface area contributed by atoms with Crippen molar-refractivity contribution in [3.8, 4) is 0 Å². The van der Waals surface area contributed by atoms with Gasteiger partial charge < -0.3 is 58.5 Å². The maximum absolute atomic E-state index is 11.8. The number of rotatable bonds is 34. The molecule has 0 rings (SSSR count). The van der Waals surface area contributed by atoms with Crippen molar-refractivity contribution in [2.24, 2.45) is 0 Å². The van der Waals surface area contributed by atoms with Gasteiger partial charge in [-0.3, -0.25) is 9.59 Å². The largest absolute Gasteiger partial charge is 0.379 e. The molecule has 0 aromatic rings. The molecule has 0 aromatic carbocycles. The van der Waals surface area contributed by atoms with Crippen molar-refractivity contribution in [2.75, 3.05) is 144 Å². The summed E-state index contributed by atoms with van der Waals surface area (Å²) in [6.07, 6.45) is 0.274. The van der Waals surface area contributed by atoms with Crippen LogP contribution in [0, 0.1) is 0 Å². The topological polar surface area (TPSA) is 153 Å². The highest BCUT2D eigenvalue weighted by Gasteiger charge is 2.01. The van der Waals surface area contributed by atoms with Crippen molar-refractivity contribution < 1.29 is 52.2 Å². The highest BCUT2D eigenvalue weighted by Crippen LogP contribution is 1.87. The molecule has 0 saturated carbocycles. The van der Waals surface area contributed by atoms with E-state index in [0.717, 1.165) is 0 Å². The van der Waals surface area contributed by atoms with Gasteiger partial charge in [0.15, 0.2) is 7.98 Å². The van der Waals surface area contributed by atoms with E-state index in [1.165, 1.54) is 0 Å². The van der Waals surface area contributed by atoms with E-state index in [4.69, 9.17) is 50.6 Å². The fourth-order valence-electron chi connectivity index (χ4n) is 2.71. The Kier molecular flexibility index (Phi) is 34.3. The van der Waals surface area contributed by atoms with E-state index in [-0.39, 0.29) is 24.0 Å². The third-order valence-electron chi connectivity index (χ3n) is 4.75. The van der Waals surface area contributed by atoms with Crippen LogP contribution in [0.25, 0.3) is 0 Å². The lowest BCUT2D eigenvalue weighted by Gasteiger charge is -2.09. The SMILES string of the molecule is [B]NCCOCCOCCOCCOCCOCCNC(=O)CCOCCOCCOCCOCCNC(=O)CS. The minimum Gasteiger partial charge on any atom is -0.379 e. The Morgan fingerprint density at radius 3 is 1.07 bits per heavy atom. The number of hydrogen-bond donors (Lipinski definition) is 4. The monoisotopic (exact) mass is 611 g/mol. The average Bonchev–Trinajstić information content (AvgIpc) is 2.98. The summed E-state index contributed by atoms with van der Waals surface area (Å²) in [6.45, 7) is 9.75. The summed E-state index contributed by atoms with van der Waals surface area (Å²) in [5, 5.41) is 7.94. The number of thiol groups is 1. The summed E-state index contributed by atoms with van der Waals surface area (Å²) >= 11 is 3.86. The molecule has 0 spiro atoms. The Labute approximate surface area is 251 Å². The van der Waals surface area contributed by atoms with Crippen LogP contribution in [0.4, 0.5) is 0 Å². The maximum atomic E-state index is 11.8. The first-order chi connectivity index (χ1) is 20.2. The predicted octanol–water partition coefficient (Wildman–Crippen LogP) is -1.64. The van der Waals surface area contributed by atoms with E-state index in [1.54, 1.807) is 0 Å². The van der Waals surface area contributed by atoms with Crippen molar-refractivity contribution in [3.63, 3.8) is 0 Å². The molecule has 0 aliphatic rings. The van der Waals surface area contributed by atoms with Crippen molar-refractivity contribution in [2.45, 2.75) is 6.42 Å². The Bertz CT molecular complexity index is 575. The highest BCUT2D eigenvalue weighted by molar-refractivity contribution is 7.81. The van der Waals surface area contributed by atoms with Crippen molar-refractivity contribution >= 4 is 32.4 Å². The molecule has 0 atom stereocenters. The van der Waals surface area contributed by atoms with Crippen molar-refractivity contribution in [1.82, 2.24) is 15.9 Å². The lowest BCUT2D eigenvalue weighted by Crippen LogP contribution is -2.28. The molecule has 240 valence electrons. The Morgan fingerprint density at radius 2 is 0.732 bits per heavy atom. The summed E-state index contributed by atoms with van der Waals surface area (Å²) in [6, 6.07) is 0. The van der Waals surface area contributed by atoms with Crippen LogP contribution in [0.15, 0.2) is 0 Å². The molecule has 0 bridgehead atoms. The normalized spacial score (nSPS) is 11.1. The molecule has 0 unspecified atom stereocenters. The zero-order valence-electron chi connectivity index (χ0n) is 24.3. The fourth-order valence-corrected chi connectivity index (χ4v) is 2.82. The maximum Gasteiger partial charge on any atom is 0.229 e. The van der Waals surface area contributed by atoms with Crippen LogP contribution in [-0.4, -0.2) is 164 Å². The molecular weight excluding hydrogens is 561 g/mol. The van der Waals surface area contributed by atoms with Crippen LogP contribution in [0.3, 0.4) is 0 Å². The summed E-state index contributed by atoms with van der Waals surface area (Å²) in [7, 11) is 5.13. The van der Waals surface area contributed by atoms with Gasteiger partial charge in [-0.15, -0.1) is 0 Å². The van der Waals surface area contributed by atoms with Gasteiger partial charge in [0.1, 0.15) is 0 Å². The zero-order chi connectivity index (χ0) is 29.9. The molecular formula is C25H50BN3O11S. The van der Waals surface area contributed by atoms with Gasteiger partial charge in [-0.05, 0) is 0 Å². The molecule has 0 aromatic heterocycles. The van der Waals surface area contributed by atoms with Crippen LogP contribution in [0.2, 0.25) is 0 Å². The molecule has 2 radical (unpaired) electrons. The van der Waals surface area contributed by atoms with Crippen LogP contribution >= 0.6 is 12.6 Å². The Morgan fingerprint density at radius 1 is 0.439 bits per heavy atom. The van der Waals surface area contributed by atoms with Crippen molar-refractivity contribution in [3.05, 3.63) is 0 Å². The molecule has 14 nitrogen and oxygen atoms in total. The molecule has 41 heavy (non-hydrogen) atoms. The van der Waals surface area contributed by atoms with Gasteiger partial charge in [-0.2, -0.15) is 12.6 Å². The van der Waals surface area contributed by atoms with Crippen LogP contribution < -0.4 is 15.9 Å². The van der Waals surface area contributed by atoms with E-state index >= 15 is 0 Å². The first-order valence-electron chi connectivity index (χ1n) is 14.0. The van der Waals surface area contributed by atoms with Gasteiger partial charge in [-0.1, -0.05) is 0 Å². The first kappa shape index (κ1) is 40.0. The summed E-state index contributed by atoms with van der Waals surface area (Å²) in [5.74, 6) is -0.0469. The van der Waals surface area contributed by atoms with E-state index in [1.807, 2.05) is 0 Å². The number of carbonyl (C=O) groups excluding carboxylic acids is 2. The van der Waals surface area contributed by atoms with Crippen molar-refractivity contribution in [1.29, 1.82) is 0 Å². The molecule has 0 aliphatic heterocycles. The minimum absolute atomic E-state index is 0.0944. The minimum atomic E-state index is -0.120. The predicted molar refractivity (Wildman–Crippen MR) is 156 cm³/mol. The Hall–Kier alpha value is -1.05. The third-order valence-corrected chi connectivity index (χ3v) is 5.04. The quantitative estimate of drug-likeness (QED) is 0.0375. The van der Waals surface area contributed by atoms with E-state index in [9.17, 15) is 9.59 Å². The van der Waals surface area contributed by atoms with Crippen LogP contribution in [-0.2, 0) is 52.2 Å². The number of nitrogens with one attached hydrogen (secondary N) is 3. The second kappa shape index (κ2) is 35.2.